The molecule has 1 fully saturated rings. The van der Waals surface area contributed by atoms with E-state index in [1.54, 1.807) is 11.8 Å². The van der Waals surface area contributed by atoms with Crippen LogP contribution in [-0.2, 0) is 4.79 Å². The predicted molar refractivity (Wildman–Crippen MR) is 162 cm³/mol. The summed E-state index contributed by atoms with van der Waals surface area (Å²) in [5.74, 6) is 1.68. The Labute approximate surface area is 231 Å². The lowest BCUT2D eigenvalue weighted by Crippen LogP contribution is -2.28. The van der Waals surface area contributed by atoms with Crippen LogP contribution in [0.2, 0.25) is 0 Å². The number of nitrogens with one attached hydrogen (secondary N) is 2. The molecule has 1 unspecified atom stereocenters. The number of amides is 1. The van der Waals surface area contributed by atoms with Gasteiger partial charge in [0.2, 0.25) is 5.91 Å². The van der Waals surface area contributed by atoms with Gasteiger partial charge in [-0.1, -0.05) is 54.6 Å². The molecule has 2 heterocycles. The Bertz CT molecular complexity index is 1620. The summed E-state index contributed by atoms with van der Waals surface area (Å²) >= 11 is 1.64. The Morgan fingerprint density at radius 2 is 1.38 bits per heavy atom. The molecule has 39 heavy (non-hydrogen) atoms. The zero-order valence-corrected chi connectivity index (χ0v) is 22.5. The molecule has 6 rings (SSSR count). The second-order valence-corrected chi connectivity index (χ2v) is 10.5. The number of carbonyl (C=O) groups excluding carboxylic acids is 1. The molecule has 8 heteroatoms. The topological polar surface area (TPSA) is 73.4 Å². The van der Waals surface area contributed by atoms with Gasteiger partial charge in [0, 0.05) is 25.5 Å². The summed E-state index contributed by atoms with van der Waals surface area (Å²) in [6.45, 7) is 0. The van der Waals surface area contributed by atoms with Crippen molar-refractivity contribution in [3.05, 3.63) is 109 Å². The average molecular weight is 533 g/mol. The Morgan fingerprint density at radius 1 is 0.769 bits per heavy atom. The van der Waals surface area contributed by atoms with Crippen molar-refractivity contribution in [1.29, 1.82) is 0 Å². The molecular weight excluding hydrogens is 504 g/mol. The van der Waals surface area contributed by atoms with E-state index in [1.165, 1.54) is 0 Å². The maximum absolute atomic E-state index is 13.2. The second-order valence-electron chi connectivity index (χ2n) is 9.46. The number of hydrogen-bond donors (Lipinski definition) is 2. The van der Waals surface area contributed by atoms with Gasteiger partial charge in [-0.25, -0.2) is 9.97 Å². The Kier molecular flexibility index (Phi) is 6.77. The molecule has 1 aliphatic rings. The highest BCUT2D eigenvalue weighted by Gasteiger charge is 2.35. The third-order valence-corrected chi connectivity index (χ3v) is 7.80. The number of nitrogens with zero attached hydrogens (tertiary/aromatic N) is 4. The van der Waals surface area contributed by atoms with Crippen molar-refractivity contribution in [3.63, 3.8) is 0 Å². The van der Waals surface area contributed by atoms with E-state index in [9.17, 15) is 4.79 Å². The fourth-order valence-electron chi connectivity index (χ4n) is 4.62. The molecule has 7 nitrogen and oxygen atoms in total. The lowest BCUT2D eigenvalue weighted by Gasteiger charge is -2.27. The minimum atomic E-state index is -0.124. The van der Waals surface area contributed by atoms with E-state index in [4.69, 9.17) is 9.97 Å². The fraction of sp³-hybridized carbons (Fsp3) is 0.129. The lowest BCUT2D eigenvalue weighted by atomic mass is 10.1. The first-order valence-electron chi connectivity index (χ1n) is 12.7. The molecule has 1 aromatic heterocycles. The van der Waals surface area contributed by atoms with Gasteiger partial charge in [-0.2, -0.15) is 0 Å². The Balaban J connectivity index is 1.38. The molecule has 1 amide bonds. The summed E-state index contributed by atoms with van der Waals surface area (Å²) in [5, 5.41) is 6.78. The normalized spacial score (nSPS) is 15.0. The number of thioether (sulfide) groups is 1. The predicted octanol–water partition coefficient (Wildman–Crippen LogP) is 6.96. The summed E-state index contributed by atoms with van der Waals surface area (Å²) in [6.07, 6.45) is 0. The van der Waals surface area contributed by atoms with Crippen molar-refractivity contribution in [1.82, 2.24) is 9.97 Å². The number of aromatic nitrogens is 2. The van der Waals surface area contributed by atoms with Gasteiger partial charge in [-0.15, -0.1) is 11.8 Å². The van der Waals surface area contributed by atoms with Gasteiger partial charge in [0.05, 0.1) is 28.2 Å². The van der Waals surface area contributed by atoms with Crippen molar-refractivity contribution < 1.29 is 4.79 Å². The Hall–Kier alpha value is -4.56. The highest BCUT2D eigenvalue weighted by Crippen LogP contribution is 2.45. The highest BCUT2D eigenvalue weighted by atomic mass is 32.2. The summed E-state index contributed by atoms with van der Waals surface area (Å²) in [7, 11) is 4.04. The molecule has 5 aromatic rings. The highest BCUT2D eigenvalue weighted by molar-refractivity contribution is 8.00. The third kappa shape index (κ3) is 5.11. The lowest BCUT2D eigenvalue weighted by molar-refractivity contribution is -0.115. The van der Waals surface area contributed by atoms with Gasteiger partial charge < -0.3 is 15.5 Å². The number of fused-ring (bicyclic) bond motifs is 1. The minimum Gasteiger partial charge on any atom is -0.378 e. The van der Waals surface area contributed by atoms with Crippen LogP contribution in [0, 0.1) is 0 Å². The van der Waals surface area contributed by atoms with Gasteiger partial charge in [0.15, 0.2) is 11.6 Å². The van der Waals surface area contributed by atoms with E-state index in [2.05, 4.69) is 39.8 Å². The quantitative estimate of drug-likeness (QED) is 0.235. The standard InChI is InChI=1S/C31H28N6OS/c1-36(2)23-18-16-21(17-19-23)31-37(28(38)20-39-31)27-15-9-8-14-26(27)35-30-29(32-22-10-4-3-5-11-22)33-24-12-6-7-13-25(24)34-30/h3-19,31H,20H2,1-2H3,(H,32,33)(H,34,35). The zero-order valence-electron chi connectivity index (χ0n) is 21.7. The van der Waals surface area contributed by atoms with Gasteiger partial charge in [0.25, 0.3) is 0 Å². The summed E-state index contributed by atoms with van der Waals surface area (Å²) < 4.78 is 0. The van der Waals surface area contributed by atoms with Crippen molar-refractivity contribution in [2.75, 3.05) is 40.3 Å². The van der Waals surface area contributed by atoms with E-state index in [-0.39, 0.29) is 11.3 Å². The van der Waals surface area contributed by atoms with Gasteiger partial charge in [-0.05, 0) is 54.1 Å². The molecule has 1 atom stereocenters. The van der Waals surface area contributed by atoms with E-state index in [0.717, 1.165) is 39.3 Å². The first-order chi connectivity index (χ1) is 19.1. The molecule has 0 radical (unpaired) electrons. The fourth-order valence-corrected chi connectivity index (χ4v) is 5.79. The summed E-state index contributed by atoms with van der Waals surface area (Å²) in [4.78, 5) is 27.0. The van der Waals surface area contributed by atoms with Crippen LogP contribution < -0.4 is 20.4 Å². The number of anilines is 6. The van der Waals surface area contributed by atoms with Crippen LogP contribution in [0.15, 0.2) is 103 Å². The molecule has 194 valence electrons. The van der Waals surface area contributed by atoms with E-state index in [1.807, 2.05) is 97.9 Å². The van der Waals surface area contributed by atoms with Crippen LogP contribution in [0.5, 0.6) is 0 Å². The maximum Gasteiger partial charge on any atom is 0.238 e. The Morgan fingerprint density at radius 3 is 2.08 bits per heavy atom. The molecule has 4 aromatic carbocycles. The summed E-state index contributed by atoms with van der Waals surface area (Å²) in [6, 6.07) is 33.9. The van der Waals surface area contributed by atoms with Crippen LogP contribution in [-0.4, -0.2) is 35.7 Å². The number of benzene rings is 4. The van der Waals surface area contributed by atoms with Crippen LogP contribution in [0.3, 0.4) is 0 Å². The molecule has 2 N–H and O–H groups in total. The van der Waals surface area contributed by atoms with Crippen molar-refractivity contribution >= 4 is 63.1 Å². The van der Waals surface area contributed by atoms with Crippen molar-refractivity contribution in [3.8, 4) is 0 Å². The largest absolute Gasteiger partial charge is 0.378 e. The van der Waals surface area contributed by atoms with Gasteiger partial charge >= 0.3 is 0 Å². The van der Waals surface area contributed by atoms with Crippen LogP contribution >= 0.6 is 11.8 Å². The third-order valence-electron chi connectivity index (χ3n) is 6.59. The molecule has 1 saturated heterocycles. The first kappa shape index (κ1) is 24.8. The molecule has 0 saturated carbocycles. The molecule has 1 aliphatic heterocycles. The summed E-state index contributed by atoms with van der Waals surface area (Å²) in [5.41, 5.74) is 6.27. The minimum absolute atomic E-state index is 0.0724. The molecule has 0 bridgehead atoms. The molecular formula is C31H28N6OS. The zero-order chi connectivity index (χ0) is 26.8. The van der Waals surface area contributed by atoms with Crippen LogP contribution in [0.25, 0.3) is 11.0 Å². The van der Waals surface area contributed by atoms with Gasteiger partial charge in [0.1, 0.15) is 5.37 Å². The van der Waals surface area contributed by atoms with E-state index < -0.39 is 0 Å². The maximum atomic E-state index is 13.2. The SMILES string of the molecule is CN(C)c1ccc(C2SCC(=O)N2c2ccccc2Nc2nc3ccccc3nc2Nc2ccccc2)cc1. The molecule has 0 spiro atoms. The van der Waals surface area contributed by atoms with Crippen LogP contribution in [0.1, 0.15) is 10.9 Å². The average Bonchev–Trinajstić information content (AvgIpc) is 3.35. The van der Waals surface area contributed by atoms with Gasteiger partial charge in [-0.3, -0.25) is 9.69 Å². The number of hydrogen-bond acceptors (Lipinski definition) is 7. The molecule has 0 aliphatic carbocycles. The number of para-hydroxylation sites is 5. The van der Waals surface area contributed by atoms with E-state index in [0.29, 0.717) is 17.4 Å². The van der Waals surface area contributed by atoms with Crippen molar-refractivity contribution in [2.45, 2.75) is 5.37 Å². The van der Waals surface area contributed by atoms with E-state index >= 15 is 0 Å². The monoisotopic (exact) mass is 532 g/mol. The van der Waals surface area contributed by atoms with Crippen LogP contribution in [0.4, 0.5) is 34.4 Å². The number of rotatable bonds is 7. The van der Waals surface area contributed by atoms with Crippen molar-refractivity contribution in [2.24, 2.45) is 0 Å². The first-order valence-corrected chi connectivity index (χ1v) is 13.8. The number of carbonyl (C=O) groups is 1. The second kappa shape index (κ2) is 10.7. The smallest absolute Gasteiger partial charge is 0.238 e.